The number of likely N-dealkylation sites (N-methyl/N-ethyl adjacent to an activating group) is 1. The Morgan fingerprint density at radius 1 is 1.50 bits per heavy atom. The van der Waals surface area contributed by atoms with E-state index in [1.54, 1.807) is 0 Å². The van der Waals surface area contributed by atoms with Gasteiger partial charge in [0, 0.05) is 12.1 Å². The summed E-state index contributed by atoms with van der Waals surface area (Å²) in [4.78, 5) is 11.0. The van der Waals surface area contributed by atoms with Crippen molar-refractivity contribution < 1.29 is 9.53 Å². The Bertz CT molecular complexity index is 164. The fourth-order valence-corrected chi connectivity index (χ4v) is 0.843. The molecule has 0 fully saturated rings. The standard InChI is InChI=1S/C9H17NO2/c1-4-8(9(11)12-3)6-7-10-5-2/h6,10H,4-5,7H2,1-3H3/b8-6-. The Labute approximate surface area is 73.8 Å². The van der Waals surface area contributed by atoms with E-state index in [0.717, 1.165) is 25.1 Å². The van der Waals surface area contributed by atoms with Gasteiger partial charge in [0.1, 0.15) is 0 Å². The summed E-state index contributed by atoms with van der Waals surface area (Å²) in [6.07, 6.45) is 2.59. The van der Waals surface area contributed by atoms with Gasteiger partial charge in [0.15, 0.2) is 0 Å². The number of carbonyl (C=O) groups is 1. The van der Waals surface area contributed by atoms with Crippen LogP contribution in [0.25, 0.3) is 0 Å². The lowest BCUT2D eigenvalue weighted by Crippen LogP contribution is -2.14. The molecule has 0 aromatic carbocycles. The van der Waals surface area contributed by atoms with Crippen LogP contribution in [0.3, 0.4) is 0 Å². The maximum Gasteiger partial charge on any atom is 0.333 e. The first-order valence-electron chi connectivity index (χ1n) is 4.24. The summed E-state index contributed by atoms with van der Waals surface area (Å²) in [5.74, 6) is -0.226. The van der Waals surface area contributed by atoms with Crippen LogP contribution in [0, 0.1) is 0 Å². The molecule has 0 saturated heterocycles. The molecule has 12 heavy (non-hydrogen) atoms. The highest BCUT2D eigenvalue weighted by molar-refractivity contribution is 5.88. The fourth-order valence-electron chi connectivity index (χ4n) is 0.843. The molecule has 0 saturated carbocycles. The molecule has 0 amide bonds. The summed E-state index contributed by atoms with van der Waals surface area (Å²) < 4.78 is 4.60. The van der Waals surface area contributed by atoms with Gasteiger partial charge in [-0.05, 0) is 13.0 Å². The van der Waals surface area contributed by atoms with Gasteiger partial charge in [-0.1, -0.05) is 19.9 Å². The lowest BCUT2D eigenvalue weighted by Gasteiger charge is -2.01. The predicted octanol–water partition coefficient (Wildman–Crippen LogP) is 1.11. The van der Waals surface area contributed by atoms with Gasteiger partial charge in [-0.3, -0.25) is 0 Å². The van der Waals surface area contributed by atoms with Crippen molar-refractivity contribution in [3.63, 3.8) is 0 Å². The summed E-state index contributed by atoms with van der Waals surface area (Å²) in [6.45, 7) is 5.61. The third-order valence-electron chi connectivity index (χ3n) is 1.57. The highest BCUT2D eigenvalue weighted by Crippen LogP contribution is 2.01. The van der Waals surface area contributed by atoms with E-state index in [0.29, 0.717) is 0 Å². The summed E-state index contributed by atoms with van der Waals surface area (Å²) in [5, 5.41) is 3.11. The largest absolute Gasteiger partial charge is 0.466 e. The van der Waals surface area contributed by atoms with Gasteiger partial charge in [-0.25, -0.2) is 4.79 Å². The van der Waals surface area contributed by atoms with Gasteiger partial charge in [-0.2, -0.15) is 0 Å². The van der Waals surface area contributed by atoms with Gasteiger partial charge in [-0.15, -0.1) is 0 Å². The zero-order valence-electron chi connectivity index (χ0n) is 8.02. The predicted molar refractivity (Wildman–Crippen MR) is 48.9 cm³/mol. The average Bonchev–Trinajstić information content (AvgIpc) is 2.11. The van der Waals surface area contributed by atoms with Crippen molar-refractivity contribution in [2.45, 2.75) is 20.3 Å². The van der Waals surface area contributed by atoms with Crippen LogP contribution < -0.4 is 5.32 Å². The molecule has 70 valence electrons. The van der Waals surface area contributed by atoms with Crippen LogP contribution in [-0.2, 0) is 9.53 Å². The minimum absolute atomic E-state index is 0.226. The van der Waals surface area contributed by atoms with Crippen molar-refractivity contribution in [1.29, 1.82) is 0 Å². The second-order valence-electron chi connectivity index (χ2n) is 2.38. The van der Waals surface area contributed by atoms with E-state index in [4.69, 9.17) is 0 Å². The van der Waals surface area contributed by atoms with Gasteiger partial charge in [0.25, 0.3) is 0 Å². The Kier molecular flexibility index (Phi) is 6.38. The number of methoxy groups -OCH3 is 1. The second-order valence-corrected chi connectivity index (χ2v) is 2.38. The highest BCUT2D eigenvalue weighted by atomic mass is 16.5. The van der Waals surface area contributed by atoms with Crippen molar-refractivity contribution in [2.75, 3.05) is 20.2 Å². The topological polar surface area (TPSA) is 38.3 Å². The number of nitrogens with one attached hydrogen (secondary N) is 1. The monoisotopic (exact) mass is 171 g/mol. The lowest BCUT2D eigenvalue weighted by atomic mass is 10.2. The Morgan fingerprint density at radius 3 is 2.58 bits per heavy atom. The average molecular weight is 171 g/mol. The van der Waals surface area contributed by atoms with E-state index in [9.17, 15) is 4.79 Å². The molecule has 0 aromatic heterocycles. The first-order chi connectivity index (χ1) is 5.76. The van der Waals surface area contributed by atoms with Gasteiger partial charge in [0.2, 0.25) is 0 Å². The quantitative estimate of drug-likeness (QED) is 0.382. The van der Waals surface area contributed by atoms with Crippen LogP contribution in [0.2, 0.25) is 0 Å². The van der Waals surface area contributed by atoms with Crippen LogP contribution in [-0.4, -0.2) is 26.2 Å². The molecule has 0 rings (SSSR count). The summed E-state index contributed by atoms with van der Waals surface area (Å²) in [7, 11) is 1.40. The number of hydrogen-bond acceptors (Lipinski definition) is 3. The first kappa shape index (κ1) is 11.2. The van der Waals surface area contributed by atoms with Gasteiger partial charge in [0.05, 0.1) is 7.11 Å². The molecule has 0 aliphatic rings. The van der Waals surface area contributed by atoms with Crippen molar-refractivity contribution in [3.8, 4) is 0 Å². The van der Waals surface area contributed by atoms with E-state index in [1.807, 2.05) is 19.9 Å². The molecule has 1 N–H and O–H groups in total. The Balaban J connectivity index is 3.95. The SMILES string of the molecule is CCNC/C=C(/CC)C(=O)OC. The molecular formula is C9H17NO2. The second kappa shape index (κ2) is 6.85. The maximum atomic E-state index is 11.0. The van der Waals surface area contributed by atoms with Gasteiger partial charge < -0.3 is 10.1 Å². The van der Waals surface area contributed by atoms with Crippen LogP contribution in [0.15, 0.2) is 11.6 Å². The minimum atomic E-state index is -0.226. The minimum Gasteiger partial charge on any atom is -0.466 e. The van der Waals surface area contributed by atoms with Crippen molar-refractivity contribution >= 4 is 5.97 Å². The van der Waals surface area contributed by atoms with Crippen LogP contribution in [0.5, 0.6) is 0 Å². The molecule has 0 aliphatic heterocycles. The molecule has 0 bridgehead atoms. The summed E-state index contributed by atoms with van der Waals surface area (Å²) in [5.41, 5.74) is 0.735. The van der Waals surface area contributed by atoms with Crippen molar-refractivity contribution in [2.24, 2.45) is 0 Å². The number of ether oxygens (including phenoxy) is 1. The summed E-state index contributed by atoms with van der Waals surface area (Å²) >= 11 is 0. The smallest absolute Gasteiger partial charge is 0.333 e. The molecule has 0 heterocycles. The molecule has 3 nitrogen and oxygen atoms in total. The van der Waals surface area contributed by atoms with E-state index in [1.165, 1.54) is 7.11 Å². The van der Waals surface area contributed by atoms with Crippen molar-refractivity contribution in [3.05, 3.63) is 11.6 Å². The number of rotatable bonds is 5. The van der Waals surface area contributed by atoms with Crippen LogP contribution in [0.4, 0.5) is 0 Å². The Hall–Kier alpha value is -0.830. The fraction of sp³-hybridized carbons (Fsp3) is 0.667. The first-order valence-corrected chi connectivity index (χ1v) is 4.24. The zero-order chi connectivity index (χ0) is 9.40. The number of carbonyl (C=O) groups excluding carboxylic acids is 1. The van der Waals surface area contributed by atoms with E-state index in [-0.39, 0.29) is 5.97 Å². The summed E-state index contributed by atoms with van der Waals surface area (Å²) in [6, 6.07) is 0. The van der Waals surface area contributed by atoms with Crippen LogP contribution in [0.1, 0.15) is 20.3 Å². The lowest BCUT2D eigenvalue weighted by molar-refractivity contribution is -0.136. The normalized spacial score (nSPS) is 11.4. The third kappa shape index (κ3) is 4.13. The van der Waals surface area contributed by atoms with E-state index < -0.39 is 0 Å². The maximum absolute atomic E-state index is 11.0. The highest BCUT2D eigenvalue weighted by Gasteiger charge is 2.04. The molecule has 3 heteroatoms. The molecule has 0 aliphatic carbocycles. The molecule has 0 spiro atoms. The zero-order valence-corrected chi connectivity index (χ0v) is 8.02. The molecular weight excluding hydrogens is 154 g/mol. The third-order valence-corrected chi connectivity index (χ3v) is 1.57. The van der Waals surface area contributed by atoms with E-state index in [2.05, 4.69) is 10.1 Å². The number of hydrogen-bond donors (Lipinski definition) is 1. The molecule has 0 unspecified atom stereocenters. The van der Waals surface area contributed by atoms with Crippen LogP contribution >= 0.6 is 0 Å². The number of esters is 1. The molecule has 0 radical (unpaired) electrons. The van der Waals surface area contributed by atoms with Gasteiger partial charge >= 0.3 is 5.97 Å². The molecule has 0 aromatic rings. The van der Waals surface area contributed by atoms with Crippen molar-refractivity contribution in [1.82, 2.24) is 5.32 Å². The van der Waals surface area contributed by atoms with E-state index >= 15 is 0 Å². The Morgan fingerprint density at radius 2 is 2.17 bits per heavy atom. The molecule has 0 atom stereocenters.